The van der Waals surface area contributed by atoms with Crippen LogP contribution in [0, 0.1) is 11.3 Å². The Morgan fingerprint density at radius 3 is 1.42 bits per heavy atom. The monoisotopic (exact) mass is 1150 g/mol. The predicted molar refractivity (Wildman–Crippen MR) is 355 cm³/mol. The van der Waals surface area contributed by atoms with Crippen LogP contribution in [-0.2, 0) is 17.6 Å². The van der Waals surface area contributed by atoms with Crippen molar-refractivity contribution in [3.63, 3.8) is 0 Å². The third-order valence-corrected chi connectivity index (χ3v) is 18.3. The van der Waals surface area contributed by atoms with Gasteiger partial charge in [0.15, 0.2) is 11.5 Å². The van der Waals surface area contributed by atoms with Crippen LogP contribution in [0.25, 0.3) is 81.0 Å². The molecule has 3 heterocycles. The molecule has 10 heteroatoms. The lowest BCUT2D eigenvalue weighted by molar-refractivity contribution is -0.132. The summed E-state index contributed by atoms with van der Waals surface area (Å²) in [7, 11) is 0. The van der Waals surface area contributed by atoms with Gasteiger partial charge in [-0.1, -0.05) is 202 Å². The number of benzene rings is 7. The van der Waals surface area contributed by atoms with Gasteiger partial charge >= 0.3 is 5.97 Å². The van der Waals surface area contributed by atoms with E-state index in [-0.39, 0.29) is 5.57 Å². The number of nitriles is 1. The van der Waals surface area contributed by atoms with Crippen molar-refractivity contribution in [1.82, 2.24) is 9.97 Å². The molecule has 0 aliphatic heterocycles. The van der Waals surface area contributed by atoms with Crippen molar-refractivity contribution in [3.8, 4) is 48.9 Å². The Morgan fingerprint density at radius 2 is 0.940 bits per heavy atom. The lowest BCUT2D eigenvalue weighted by atomic mass is 9.96. The molecule has 84 heavy (non-hydrogen) atoms. The van der Waals surface area contributed by atoms with Crippen molar-refractivity contribution in [2.45, 2.75) is 143 Å². The number of para-hydroxylation sites is 2. The molecule has 8 nitrogen and oxygen atoms in total. The molecule has 0 aliphatic carbocycles. The fourth-order valence-corrected chi connectivity index (χ4v) is 14.0. The Balaban J connectivity index is 1.28. The number of hydrogen-bond acceptors (Lipinski definition) is 9. The molecular weight excluding hydrogens is 1070 g/mol. The third kappa shape index (κ3) is 13.4. The molecule has 10 aromatic rings. The molecule has 0 bridgehead atoms. The van der Waals surface area contributed by atoms with E-state index in [1.54, 1.807) is 17.4 Å². The van der Waals surface area contributed by atoms with E-state index >= 15 is 0 Å². The molecule has 0 radical (unpaired) electrons. The number of unbranched alkanes of at least 4 members (excludes halogenated alkanes) is 12. The second-order valence-corrected chi connectivity index (χ2v) is 24.2. The largest absolute Gasteiger partial charge is 0.489 e. The molecule has 0 unspecified atom stereocenters. The minimum atomic E-state index is -1.25. The van der Waals surface area contributed by atoms with Gasteiger partial charge < -0.3 is 19.5 Å². The quantitative estimate of drug-likeness (QED) is 0.0156. The standard InChI is InChI=1S/C74H78N4O4S2/c1-5-9-13-19-31-52-47-63(83-62(52)49-54(50-75)74(79)80)65-69-70(77-68-61-40-28-26-38-59(61)58-37-25-27-39-60(58)67(68)76-69)66(72(82-46-30-16-12-8-4)71(65)81-45-29-15-11-7-3)64-48-53(32-20-14-10-6-2)73(84-64)51-41-43-57(44-42-51)78(55-33-21-17-22-34-55)56-35-23-18-24-36-56/h17-18,21-28,33-44,47-49H,5-16,19-20,29-32,45-46H2,1-4H3,(H,79,80)/b54-49+. The van der Waals surface area contributed by atoms with Gasteiger partial charge in [-0.2, -0.15) is 5.26 Å². The molecule has 0 saturated carbocycles. The molecule has 7 aromatic carbocycles. The molecule has 0 amide bonds. The molecule has 0 aliphatic rings. The lowest BCUT2D eigenvalue weighted by Gasteiger charge is -2.25. The van der Waals surface area contributed by atoms with Crippen LogP contribution in [-0.4, -0.2) is 34.3 Å². The van der Waals surface area contributed by atoms with E-state index in [2.05, 4.69) is 178 Å². The summed E-state index contributed by atoms with van der Waals surface area (Å²) in [5.41, 5.74) is 11.1. The number of aliphatic carboxylic acids is 1. The number of aromatic nitrogens is 2. The molecule has 0 saturated heterocycles. The Bertz CT molecular complexity index is 3880. The number of carboxylic acid groups (broad SMARTS) is 1. The van der Waals surface area contributed by atoms with Gasteiger partial charge in [0.25, 0.3) is 0 Å². The average Bonchev–Trinajstić information content (AvgIpc) is 1.16. The van der Waals surface area contributed by atoms with Gasteiger partial charge in [0, 0.05) is 47.3 Å². The number of thiophene rings is 2. The number of nitrogens with zero attached hydrogens (tertiary/aromatic N) is 4. The maximum absolute atomic E-state index is 12.6. The Hall–Kier alpha value is -7.84. The van der Waals surface area contributed by atoms with Gasteiger partial charge in [0.2, 0.25) is 0 Å². The fourth-order valence-electron chi connectivity index (χ4n) is 11.6. The van der Waals surface area contributed by atoms with Gasteiger partial charge in [-0.25, -0.2) is 14.8 Å². The van der Waals surface area contributed by atoms with Crippen molar-refractivity contribution < 1.29 is 19.4 Å². The second-order valence-electron chi connectivity index (χ2n) is 22.1. The first-order valence-corrected chi connectivity index (χ1v) is 32.5. The fraction of sp³-hybridized carbons (Fsp3) is 0.324. The Labute approximate surface area is 504 Å². The number of ether oxygens (including phenoxy) is 2. The first-order chi connectivity index (χ1) is 41.3. The number of carboxylic acids is 1. The third-order valence-electron chi connectivity index (χ3n) is 16.0. The lowest BCUT2D eigenvalue weighted by Crippen LogP contribution is -2.09. The highest BCUT2D eigenvalue weighted by Gasteiger charge is 2.31. The van der Waals surface area contributed by atoms with Crippen LogP contribution in [0.4, 0.5) is 17.1 Å². The van der Waals surface area contributed by atoms with Crippen molar-refractivity contribution in [2.75, 3.05) is 18.1 Å². The first-order valence-electron chi connectivity index (χ1n) is 30.8. The van der Waals surface area contributed by atoms with Crippen molar-refractivity contribution >= 4 is 95.4 Å². The first kappa shape index (κ1) is 59.3. The maximum atomic E-state index is 12.6. The van der Waals surface area contributed by atoms with Gasteiger partial charge in [-0.05, 0) is 121 Å². The molecule has 430 valence electrons. The summed E-state index contributed by atoms with van der Waals surface area (Å²) in [5, 5.41) is 24.7. The van der Waals surface area contributed by atoms with Gasteiger partial charge in [-0.15, -0.1) is 22.7 Å². The van der Waals surface area contributed by atoms with E-state index in [0.29, 0.717) is 30.2 Å². The zero-order chi connectivity index (χ0) is 58.2. The molecule has 3 aromatic heterocycles. The second kappa shape index (κ2) is 29.1. The molecule has 0 fully saturated rings. The molecule has 0 atom stereocenters. The van der Waals surface area contributed by atoms with E-state index in [1.165, 1.54) is 28.2 Å². The summed E-state index contributed by atoms with van der Waals surface area (Å²) in [6.07, 6.45) is 20.1. The van der Waals surface area contributed by atoms with E-state index < -0.39 is 5.97 Å². The molecule has 10 rings (SSSR count). The normalized spacial score (nSPS) is 11.7. The van der Waals surface area contributed by atoms with Gasteiger partial charge in [0.05, 0.1) is 35.4 Å². The Morgan fingerprint density at radius 1 is 0.512 bits per heavy atom. The number of fused-ring (bicyclic) bond motifs is 7. The summed E-state index contributed by atoms with van der Waals surface area (Å²) in [5.74, 6) is 0.0355. The number of rotatable bonds is 30. The van der Waals surface area contributed by atoms with Gasteiger partial charge in [-0.3, -0.25) is 0 Å². The van der Waals surface area contributed by atoms with Crippen LogP contribution in [0.2, 0.25) is 0 Å². The van der Waals surface area contributed by atoms with Crippen LogP contribution in [0.1, 0.15) is 146 Å². The van der Waals surface area contributed by atoms with Crippen LogP contribution < -0.4 is 14.4 Å². The SMILES string of the molecule is CCCCCCOc1c(OCCCCCC)c(-c2cc(CCCCCC)c(-c3ccc(N(c4ccccc4)c4ccccc4)cc3)s2)c2nc3c4ccccc4c4ccccc4c3nc2c1-c1cc(CCCCCC)c(/C=C(\C#N)C(=O)O)s1. The highest BCUT2D eigenvalue weighted by Crippen LogP contribution is 2.55. The zero-order valence-corrected chi connectivity index (χ0v) is 51.0. The van der Waals surface area contributed by atoms with E-state index in [1.807, 2.05) is 6.07 Å². The van der Waals surface area contributed by atoms with Crippen LogP contribution in [0.15, 0.2) is 151 Å². The number of carbonyl (C=O) groups is 1. The van der Waals surface area contributed by atoms with E-state index in [0.717, 1.165) is 201 Å². The Kier molecular flexibility index (Phi) is 20.6. The average molecular weight is 1150 g/mol. The zero-order valence-electron chi connectivity index (χ0n) is 49.4. The summed E-state index contributed by atoms with van der Waals surface area (Å²) in [6, 6.07) is 53.8. The highest BCUT2D eigenvalue weighted by molar-refractivity contribution is 7.19. The summed E-state index contributed by atoms with van der Waals surface area (Å²) in [6.45, 7) is 9.88. The number of anilines is 3. The van der Waals surface area contributed by atoms with Crippen LogP contribution in [0.3, 0.4) is 0 Å². The van der Waals surface area contributed by atoms with Crippen LogP contribution in [0.5, 0.6) is 11.5 Å². The van der Waals surface area contributed by atoms with E-state index in [4.69, 9.17) is 19.4 Å². The molecule has 0 spiro atoms. The van der Waals surface area contributed by atoms with Gasteiger partial charge in [0.1, 0.15) is 22.7 Å². The minimum Gasteiger partial charge on any atom is -0.489 e. The maximum Gasteiger partial charge on any atom is 0.346 e. The topological polar surface area (TPSA) is 109 Å². The number of aryl methyl sites for hydroxylation is 2. The van der Waals surface area contributed by atoms with Crippen molar-refractivity contribution in [3.05, 3.63) is 167 Å². The smallest absolute Gasteiger partial charge is 0.346 e. The van der Waals surface area contributed by atoms with Crippen molar-refractivity contribution in [1.29, 1.82) is 5.26 Å². The summed E-state index contributed by atoms with van der Waals surface area (Å²) < 4.78 is 14.8. The summed E-state index contributed by atoms with van der Waals surface area (Å²) >= 11 is 3.29. The predicted octanol–water partition coefficient (Wildman–Crippen LogP) is 21.8. The summed E-state index contributed by atoms with van der Waals surface area (Å²) in [4.78, 5) is 30.6. The molecule has 1 N–H and O–H groups in total. The van der Waals surface area contributed by atoms with E-state index in [9.17, 15) is 15.2 Å². The number of hydrogen-bond donors (Lipinski definition) is 1. The highest BCUT2D eigenvalue weighted by atomic mass is 32.1. The molecular formula is C74H78N4O4S2. The van der Waals surface area contributed by atoms with Crippen molar-refractivity contribution in [2.24, 2.45) is 0 Å². The van der Waals surface area contributed by atoms with Crippen LogP contribution >= 0.6 is 22.7 Å². The minimum absolute atomic E-state index is 0.301.